The topological polar surface area (TPSA) is 34.2 Å². The molecule has 0 bridgehead atoms. The SMILES string of the molecule is CCNC(C)c1cccnc1Oc1ccc(C)cc1Cl. The minimum absolute atomic E-state index is 0.174. The average molecular weight is 291 g/mol. The highest BCUT2D eigenvalue weighted by atomic mass is 35.5. The fourth-order valence-electron chi connectivity index (χ4n) is 2.03. The van der Waals surface area contributed by atoms with Gasteiger partial charge in [-0.2, -0.15) is 0 Å². The number of benzene rings is 1. The number of pyridine rings is 1. The van der Waals surface area contributed by atoms with Crippen molar-refractivity contribution < 1.29 is 4.74 Å². The molecular weight excluding hydrogens is 272 g/mol. The highest BCUT2D eigenvalue weighted by Crippen LogP contribution is 2.32. The molecule has 0 saturated carbocycles. The molecule has 0 aliphatic carbocycles. The lowest BCUT2D eigenvalue weighted by atomic mass is 10.1. The lowest BCUT2D eigenvalue weighted by Crippen LogP contribution is -2.18. The maximum atomic E-state index is 6.20. The third kappa shape index (κ3) is 3.50. The van der Waals surface area contributed by atoms with Gasteiger partial charge in [0.05, 0.1) is 5.02 Å². The number of rotatable bonds is 5. The molecule has 2 rings (SSSR count). The van der Waals surface area contributed by atoms with Crippen LogP contribution in [0.15, 0.2) is 36.5 Å². The van der Waals surface area contributed by atoms with E-state index in [9.17, 15) is 0 Å². The Labute approximate surface area is 124 Å². The molecule has 0 spiro atoms. The van der Waals surface area contributed by atoms with Crippen molar-refractivity contribution in [2.24, 2.45) is 0 Å². The van der Waals surface area contributed by atoms with Crippen LogP contribution < -0.4 is 10.1 Å². The average Bonchev–Trinajstić information content (AvgIpc) is 2.43. The van der Waals surface area contributed by atoms with Gasteiger partial charge in [-0.1, -0.05) is 30.7 Å². The summed E-state index contributed by atoms with van der Waals surface area (Å²) in [5.41, 5.74) is 2.12. The number of aromatic nitrogens is 1. The first-order chi connectivity index (χ1) is 9.61. The van der Waals surface area contributed by atoms with Crippen molar-refractivity contribution >= 4 is 11.6 Å². The zero-order valence-electron chi connectivity index (χ0n) is 12.0. The molecule has 0 saturated heterocycles. The van der Waals surface area contributed by atoms with E-state index in [1.54, 1.807) is 6.20 Å². The summed E-state index contributed by atoms with van der Waals surface area (Å²) in [6, 6.07) is 9.82. The summed E-state index contributed by atoms with van der Waals surface area (Å²) in [7, 11) is 0. The van der Waals surface area contributed by atoms with E-state index < -0.39 is 0 Å². The Bertz CT molecular complexity index is 586. The first-order valence-corrected chi connectivity index (χ1v) is 7.12. The molecule has 0 aliphatic heterocycles. The minimum Gasteiger partial charge on any atom is -0.437 e. The summed E-state index contributed by atoms with van der Waals surface area (Å²) < 4.78 is 5.88. The zero-order chi connectivity index (χ0) is 14.5. The van der Waals surface area contributed by atoms with E-state index in [-0.39, 0.29) is 6.04 Å². The van der Waals surface area contributed by atoms with Gasteiger partial charge in [0, 0.05) is 17.8 Å². The number of hydrogen-bond acceptors (Lipinski definition) is 3. The molecular formula is C16H19ClN2O. The van der Waals surface area contributed by atoms with Crippen LogP contribution in [0.2, 0.25) is 5.02 Å². The molecule has 1 unspecified atom stereocenters. The van der Waals surface area contributed by atoms with Crippen molar-refractivity contribution in [2.75, 3.05) is 6.54 Å². The first-order valence-electron chi connectivity index (χ1n) is 6.74. The van der Waals surface area contributed by atoms with E-state index in [2.05, 4.69) is 24.1 Å². The fourth-order valence-corrected chi connectivity index (χ4v) is 2.30. The van der Waals surface area contributed by atoms with E-state index in [4.69, 9.17) is 16.3 Å². The molecule has 0 amide bonds. The summed E-state index contributed by atoms with van der Waals surface area (Å²) in [4.78, 5) is 4.32. The van der Waals surface area contributed by atoms with E-state index in [1.165, 1.54) is 0 Å². The van der Waals surface area contributed by atoms with Crippen molar-refractivity contribution in [3.8, 4) is 11.6 Å². The number of halogens is 1. The Kier molecular flexibility index (Phi) is 4.99. The second-order valence-electron chi connectivity index (χ2n) is 4.71. The molecule has 20 heavy (non-hydrogen) atoms. The lowest BCUT2D eigenvalue weighted by molar-refractivity contribution is 0.444. The standard InChI is InChI=1S/C16H19ClN2O/c1-4-18-12(3)13-6-5-9-19-16(13)20-15-8-7-11(2)10-14(15)17/h5-10,12,18H,4H2,1-3H3. The van der Waals surface area contributed by atoms with Gasteiger partial charge >= 0.3 is 0 Å². The third-order valence-corrected chi connectivity index (χ3v) is 3.37. The van der Waals surface area contributed by atoms with Gasteiger partial charge in [0.25, 0.3) is 0 Å². The molecule has 3 nitrogen and oxygen atoms in total. The summed E-state index contributed by atoms with van der Waals surface area (Å²) >= 11 is 6.20. The Morgan fingerprint density at radius 1 is 1.35 bits per heavy atom. The van der Waals surface area contributed by atoms with Crippen molar-refractivity contribution in [3.05, 3.63) is 52.7 Å². The van der Waals surface area contributed by atoms with Gasteiger partial charge in [-0.3, -0.25) is 0 Å². The van der Waals surface area contributed by atoms with Crippen molar-refractivity contribution in [1.29, 1.82) is 0 Å². The van der Waals surface area contributed by atoms with Gasteiger partial charge in [0.15, 0.2) is 0 Å². The largest absolute Gasteiger partial charge is 0.437 e. The van der Waals surface area contributed by atoms with Crippen LogP contribution in [0.25, 0.3) is 0 Å². The monoisotopic (exact) mass is 290 g/mol. The van der Waals surface area contributed by atoms with Crippen molar-refractivity contribution in [2.45, 2.75) is 26.8 Å². The lowest BCUT2D eigenvalue weighted by Gasteiger charge is -2.16. The van der Waals surface area contributed by atoms with Gasteiger partial charge < -0.3 is 10.1 Å². The fraction of sp³-hybridized carbons (Fsp3) is 0.312. The van der Waals surface area contributed by atoms with Gasteiger partial charge in [0.1, 0.15) is 5.75 Å². The Hall–Kier alpha value is -1.58. The minimum atomic E-state index is 0.174. The number of nitrogens with one attached hydrogen (secondary N) is 1. The Balaban J connectivity index is 2.29. The molecule has 0 radical (unpaired) electrons. The molecule has 0 aliphatic rings. The van der Waals surface area contributed by atoms with Gasteiger partial charge in [-0.15, -0.1) is 0 Å². The van der Waals surface area contributed by atoms with Gasteiger partial charge in [0.2, 0.25) is 5.88 Å². The molecule has 2 aromatic rings. The number of ether oxygens (including phenoxy) is 1. The van der Waals surface area contributed by atoms with Crippen molar-refractivity contribution in [3.63, 3.8) is 0 Å². The van der Waals surface area contributed by atoms with Crippen LogP contribution in [0.3, 0.4) is 0 Å². The number of nitrogens with zero attached hydrogens (tertiary/aromatic N) is 1. The van der Waals surface area contributed by atoms with Crippen LogP contribution >= 0.6 is 11.6 Å². The molecule has 106 valence electrons. The van der Waals surface area contributed by atoms with Crippen LogP contribution in [0.1, 0.15) is 31.0 Å². The van der Waals surface area contributed by atoms with Crippen LogP contribution in [-0.4, -0.2) is 11.5 Å². The van der Waals surface area contributed by atoms with Crippen molar-refractivity contribution in [1.82, 2.24) is 10.3 Å². The predicted octanol–water partition coefficient (Wildman–Crippen LogP) is 4.51. The molecule has 1 aromatic heterocycles. The number of aryl methyl sites for hydroxylation is 1. The van der Waals surface area contributed by atoms with Gasteiger partial charge in [-0.25, -0.2) is 4.98 Å². The number of hydrogen-bond donors (Lipinski definition) is 1. The maximum absolute atomic E-state index is 6.20. The van der Waals surface area contributed by atoms with Crippen LogP contribution in [0.4, 0.5) is 0 Å². The van der Waals surface area contributed by atoms with E-state index in [1.807, 2.05) is 37.3 Å². The molecule has 1 aromatic carbocycles. The van der Waals surface area contributed by atoms with E-state index in [0.717, 1.165) is 17.7 Å². The van der Waals surface area contributed by atoms with Crippen LogP contribution in [0, 0.1) is 6.92 Å². The smallest absolute Gasteiger partial charge is 0.224 e. The Morgan fingerprint density at radius 2 is 2.15 bits per heavy atom. The highest BCUT2D eigenvalue weighted by molar-refractivity contribution is 6.32. The Morgan fingerprint density at radius 3 is 2.85 bits per heavy atom. The molecule has 1 heterocycles. The maximum Gasteiger partial charge on any atom is 0.224 e. The van der Waals surface area contributed by atoms with Crippen LogP contribution in [-0.2, 0) is 0 Å². The summed E-state index contributed by atoms with van der Waals surface area (Å²) in [5, 5.41) is 3.95. The quantitative estimate of drug-likeness (QED) is 0.880. The highest BCUT2D eigenvalue weighted by Gasteiger charge is 2.13. The predicted molar refractivity (Wildman–Crippen MR) is 82.6 cm³/mol. The van der Waals surface area contributed by atoms with E-state index >= 15 is 0 Å². The first kappa shape index (κ1) is 14.8. The summed E-state index contributed by atoms with van der Waals surface area (Å²) in [6.45, 7) is 7.05. The second kappa shape index (κ2) is 6.73. The third-order valence-electron chi connectivity index (χ3n) is 3.07. The summed E-state index contributed by atoms with van der Waals surface area (Å²) in [6.07, 6.45) is 1.72. The molecule has 4 heteroatoms. The molecule has 1 N–H and O–H groups in total. The van der Waals surface area contributed by atoms with E-state index in [0.29, 0.717) is 16.7 Å². The zero-order valence-corrected chi connectivity index (χ0v) is 12.7. The molecule has 0 fully saturated rings. The second-order valence-corrected chi connectivity index (χ2v) is 5.12. The normalized spacial score (nSPS) is 12.2. The molecule has 1 atom stereocenters. The summed E-state index contributed by atoms with van der Waals surface area (Å²) in [5.74, 6) is 1.22. The van der Waals surface area contributed by atoms with Crippen LogP contribution in [0.5, 0.6) is 11.6 Å². The van der Waals surface area contributed by atoms with Gasteiger partial charge in [-0.05, 0) is 44.2 Å².